The van der Waals surface area contributed by atoms with Crippen molar-refractivity contribution in [1.82, 2.24) is 9.78 Å². The molecule has 2 rings (SSSR count). The second-order valence-corrected chi connectivity index (χ2v) is 5.63. The molecule has 0 aliphatic rings. The molecule has 114 valence electrons. The zero-order chi connectivity index (χ0) is 14.9. The number of hydrogen-bond acceptors (Lipinski definition) is 3. The number of nitrogens with two attached hydrogens (primary N) is 1. The van der Waals surface area contributed by atoms with Gasteiger partial charge in [0.25, 0.3) is 5.56 Å². The molecule has 4 nitrogen and oxygen atoms in total. The van der Waals surface area contributed by atoms with Crippen molar-refractivity contribution in [3.8, 4) is 11.3 Å². The van der Waals surface area contributed by atoms with E-state index >= 15 is 0 Å². The number of halogens is 1. The molecule has 1 heterocycles. The van der Waals surface area contributed by atoms with Gasteiger partial charge in [-0.25, -0.2) is 4.68 Å². The van der Waals surface area contributed by atoms with Crippen LogP contribution in [-0.2, 0) is 6.54 Å². The van der Waals surface area contributed by atoms with Crippen molar-refractivity contribution in [3.05, 3.63) is 45.7 Å². The Hall–Kier alpha value is -1.81. The molecule has 5 heteroatoms. The summed E-state index contributed by atoms with van der Waals surface area (Å²) in [6.07, 6.45) is 0. The van der Waals surface area contributed by atoms with E-state index in [1.54, 1.807) is 0 Å². The highest BCUT2D eigenvalue weighted by molar-refractivity contribution is 5.85. The van der Waals surface area contributed by atoms with Crippen molar-refractivity contribution in [2.24, 2.45) is 5.92 Å². The van der Waals surface area contributed by atoms with Gasteiger partial charge in [-0.3, -0.25) is 4.79 Å². The molecule has 0 spiro atoms. The lowest BCUT2D eigenvalue weighted by molar-refractivity contribution is 0.466. The quantitative estimate of drug-likeness (QED) is 0.947. The van der Waals surface area contributed by atoms with Gasteiger partial charge in [0.05, 0.1) is 5.69 Å². The average molecular weight is 308 g/mol. The molecule has 0 fully saturated rings. The van der Waals surface area contributed by atoms with E-state index in [9.17, 15) is 4.79 Å². The zero-order valence-electron chi connectivity index (χ0n) is 12.9. The monoisotopic (exact) mass is 307 g/mol. The van der Waals surface area contributed by atoms with Gasteiger partial charge in [0.2, 0.25) is 0 Å². The predicted octanol–water partition coefficient (Wildman–Crippen LogP) is 3.19. The molecule has 0 unspecified atom stereocenters. The van der Waals surface area contributed by atoms with E-state index < -0.39 is 0 Å². The summed E-state index contributed by atoms with van der Waals surface area (Å²) in [5, 5.41) is 4.50. The summed E-state index contributed by atoms with van der Waals surface area (Å²) >= 11 is 0. The summed E-state index contributed by atoms with van der Waals surface area (Å²) in [6.45, 7) is 8.56. The molecule has 0 amide bonds. The van der Waals surface area contributed by atoms with Crippen LogP contribution in [0.2, 0.25) is 0 Å². The number of nitrogen functional groups attached to an aromatic ring is 1. The van der Waals surface area contributed by atoms with Crippen LogP contribution >= 0.6 is 12.4 Å². The average Bonchev–Trinajstić information content (AvgIpc) is 2.40. The number of nitrogens with zero attached hydrogens (tertiary/aromatic N) is 2. The van der Waals surface area contributed by atoms with Crippen LogP contribution < -0.4 is 11.3 Å². The molecule has 0 bridgehead atoms. The Bertz CT molecular complexity index is 675. The van der Waals surface area contributed by atoms with Crippen LogP contribution in [0.3, 0.4) is 0 Å². The fourth-order valence-electron chi connectivity index (χ4n) is 2.12. The molecular weight excluding hydrogens is 286 g/mol. The van der Waals surface area contributed by atoms with Gasteiger partial charge in [0, 0.05) is 17.7 Å². The van der Waals surface area contributed by atoms with E-state index in [-0.39, 0.29) is 23.7 Å². The molecule has 1 aromatic carbocycles. The predicted molar refractivity (Wildman–Crippen MR) is 89.9 cm³/mol. The number of aromatic nitrogens is 2. The minimum Gasteiger partial charge on any atom is -0.394 e. The van der Waals surface area contributed by atoms with Crippen molar-refractivity contribution in [2.75, 3.05) is 5.73 Å². The SMILES string of the molecule is Cc1ccc(-c2nn(CC(C)C)c(=O)c(N)c2C)cc1.Cl. The van der Waals surface area contributed by atoms with Gasteiger partial charge in [-0.05, 0) is 19.8 Å². The minimum atomic E-state index is -0.202. The van der Waals surface area contributed by atoms with E-state index in [4.69, 9.17) is 5.73 Å². The Balaban J connectivity index is 0.00000220. The number of rotatable bonds is 3. The third kappa shape index (κ3) is 3.64. The van der Waals surface area contributed by atoms with Crippen molar-refractivity contribution >= 4 is 18.1 Å². The molecule has 1 aromatic heterocycles. The van der Waals surface area contributed by atoms with Crippen molar-refractivity contribution in [3.63, 3.8) is 0 Å². The van der Waals surface area contributed by atoms with Gasteiger partial charge >= 0.3 is 0 Å². The molecule has 2 N–H and O–H groups in total. The lowest BCUT2D eigenvalue weighted by Gasteiger charge is -2.14. The Morgan fingerprint density at radius 1 is 1.19 bits per heavy atom. The third-order valence-corrected chi connectivity index (χ3v) is 3.31. The van der Waals surface area contributed by atoms with Crippen LogP contribution in [0.1, 0.15) is 25.0 Å². The fourth-order valence-corrected chi connectivity index (χ4v) is 2.12. The molecule has 0 radical (unpaired) electrons. The maximum absolute atomic E-state index is 12.1. The first kappa shape index (κ1) is 17.2. The first-order valence-electron chi connectivity index (χ1n) is 6.84. The van der Waals surface area contributed by atoms with E-state index in [0.29, 0.717) is 12.5 Å². The maximum Gasteiger partial charge on any atom is 0.290 e. The first-order valence-corrected chi connectivity index (χ1v) is 6.84. The Morgan fingerprint density at radius 2 is 1.76 bits per heavy atom. The number of aryl methyl sites for hydroxylation is 1. The Morgan fingerprint density at radius 3 is 2.29 bits per heavy atom. The molecular formula is C16H22ClN3O. The lowest BCUT2D eigenvalue weighted by atomic mass is 10.0. The van der Waals surface area contributed by atoms with Gasteiger partial charge < -0.3 is 5.73 Å². The van der Waals surface area contributed by atoms with Crippen LogP contribution in [0.25, 0.3) is 11.3 Å². The van der Waals surface area contributed by atoms with Crippen LogP contribution in [-0.4, -0.2) is 9.78 Å². The van der Waals surface area contributed by atoms with Crippen LogP contribution in [0.5, 0.6) is 0 Å². The Labute approximate surface area is 131 Å². The highest BCUT2D eigenvalue weighted by atomic mass is 35.5. The summed E-state index contributed by atoms with van der Waals surface area (Å²) in [5.41, 5.74) is 9.74. The van der Waals surface area contributed by atoms with E-state index in [0.717, 1.165) is 16.8 Å². The molecule has 21 heavy (non-hydrogen) atoms. The zero-order valence-corrected chi connectivity index (χ0v) is 13.7. The summed E-state index contributed by atoms with van der Waals surface area (Å²) in [6, 6.07) is 8.08. The normalized spacial score (nSPS) is 10.5. The largest absolute Gasteiger partial charge is 0.394 e. The van der Waals surface area contributed by atoms with Gasteiger partial charge in [-0.1, -0.05) is 43.7 Å². The summed E-state index contributed by atoms with van der Waals surface area (Å²) in [7, 11) is 0. The summed E-state index contributed by atoms with van der Waals surface area (Å²) < 4.78 is 1.47. The number of benzene rings is 1. The highest BCUT2D eigenvalue weighted by Gasteiger charge is 2.13. The second-order valence-electron chi connectivity index (χ2n) is 5.63. The van der Waals surface area contributed by atoms with Crippen molar-refractivity contribution in [1.29, 1.82) is 0 Å². The maximum atomic E-state index is 12.1. The van der Waals surface area contributed by atoms with E-state index in [1.807, 2.05) is 38.1 Å². The van der Waals surface area contributed by atoms with Gasteiger partial charge in [0.1, 0.15) is 5.69 Å². The van der Waals surface area contributed by atoms with Crippen molar-refractivity contribution in [2.45, 2.75) is 34.2 Å². The van der Waals surface area contributed by atoms with Crippen LogP contribution in [0, 0.1) is 19.8 Å². The van der Waals surface area contributed by atoms with Crippen LogP contribution in [0.4, 0.5) is 5.69 Å². The molecule has 0 saturated heterocycles. The van der Waals surface area contributed by atoms with Gasteiger partial charge in [-0.2, -0.15) is 5.10 Å². The third-order valence-electron chi connectivity index (χ3n) is 3.31. The number of hydrogen-bond donors (Lipinski definition) is 1. The van der Waals surface area contributed by atoms with Crippen molar-refractivity contribution < 1.29 is 0 Å². The fraction of sp³-hybridized carbons (Fsp3) is 0.375. The lowest BCUT2D eigenvalue weighted by Crippen LogP contribution is -2.29. The number of anilines is 1. The topological polar surface area (TPSA) is 60.9 Å². The summed E-state index contributed by atoms with van der Waals surface area (Å²) in [5.74, 6) is 0.341. The smallest absolute Gasteiger partial charge is 0.290 e. The minimum absolute atomic E-state index is 0. The van der Waals surface area contributed by atoms with Gasteiger partial charge in [0.15, 0.2) is 0 Å². The second kappa shape index (κ2) is 6.76. The molecule has 0 atom stereocenters. The molecule has 0 saturated carbocycles. The highest BCUT2D eigenvalue weighted by Crippen LogP contribution is 2.23. The van der Waals surface area contributed by atoms with Gasteiger partial charge in [-0.15, -0.1) is 12.4 Å². The first-order chi connectivity index (χ1) is 9.40. The van der Waals surface area contributed by atoms with E-state index in [1.165, 1.54) is 10.2 Å². The standard InChI is InChI=1S/C16H21N3O.ClH/c1-10(2)9-19-16(20)14(17)12(4)15(18-19)13-7-5-11(3)6-8-13;/h5-8,10H,9,17H2,1-4H3;1H. The molecule has 0 aliphatic heterocycles. The molecule has 0 aliphatic carbocycles. The van der Waals surface area contributed by atoms with Crippen LogP contribution in [0.15, 0.2) is 29.1 Å². The van der Waals surface area contributed by atoms with E-state index in [2.05, 4.69) is 18.9 Å². The summed E-state index contributed by atoms with van der Waals surface area (Å²) in [4.78, 5) is 12.1. The molecule has 2 aromatic rings. The Kier molecular flexibility index (Phi) is 5.55.